The van der Waals surface area contributed by atoms with Gasteiger partial charge in [0.15, 0.2) is 11.0 Å². The molecule has 0 saturated heterocycles. The van der Waals surface area contributed by atoms with Crippen LogP contribution in [0, 0.1) is 6.92 Å². The minimum atomic E-state index is 0.673. The number of nitrogens with zero attached hydrogens (tertiary/aromatic N) is 3. The molecule has 94 valence electrons. The lowest BCUT2D eigenvalue weighted by Crippen LogP contribution is -2.00. The minimum Gasteiger partial charge on any atom is -0.469 e. The van der Waals surface area contributed by atoms with Crippen molar-refractivity contribution in [2.75, 3.05) is 5.75 Å². The number of hydrogen-bond acceptors (Lipinski definition) is 4. The first kappa shape index (κ1) is 12.7. The highest BCUT2D eigenvalue weighted by molar-refractivity contribution is 7.99. The molecule has 0 aliphatic heterocycles. The summed E-state index contributed by atoms with van der Waals surface area (Å²) in [5, 5.41) is 9.32. The van der Waals surface area contributed by atoms with Gasteiger partial charge in [0.1, 0.15) is 5.76 Å². The Kier molecular flexibility index (Phi) is 4.04. The molecular weight excluding hydrogens is 246 g/mol. The Morgan fingerprint density at radius 2 is 2.22 bits per heavy atom. The van der Waals surface area contributed by atoms with E-state index in [-0.39, 0.29) is 0 Å². The van der Waals surface area contributed by atoms with Crippen LogP contribution >= 0.6 is 11.8 Å². The van der Waals surface area contributed by atoms with E-state index in [4.69, 9.17) is 4.42 Å². The molecule has 0 aliphatic carbocycles. The third-order valence-corrected chi connectivity index (χ3v) is 3.42. The average Bonchev–Trinajstić information content (AvgIpc) is 2.94. The molecule has 4 nitrogen and oxygen atoms in total. The second-order valence-electron chi connectivity index (χ2n) is 3.70. The van der Waals surface area contributed by atoms with Gasteiger partial charge in [-0.3, -0.25) is 4.57 Å². The number of hydrogen-bond donors (Lipinski definition) is 0. The van der Waals surface area contributed by atoms with E-state index in [0.29, 0.717) is 6.54 Å². The second kappa shape index (κ2) is 5.73. The first-order valence-electron chi connectivity index (χ1n) is 5.60. The zero-order chi connectivity index (χ0) is 13.0. The summed E-state index contributed by atoms with van der Waals surface area (Å²) in [6.07, 6.45) is 5.34. The Bertz CT molecular complexity index is 556. The molecule has 5 heteroatoms. The fraction of sp³-hybridized carbons (Fsp3) is 0.231. The van der Waals surface area contributed by atoms with Crippen LogP contribution in [-0.2, 0) is 6.54 Å². The number of aromatic nitrogens is 3. The van der Waals surface area contributed by atoms with Gasteiger partial charge < -0.3 is 4.42 Å². The molecule has 0 spiro atoms. The molecule has 2 rings (SSSR count). The maximum atomic E-state index is 5.31. The van der Waals surface area contributed by atoms with E-state index in [0.717, 1.165) is 28.1 Å². The second-order valence-corrected chi connectivity index (χ2v) is 4.68. The van der Waals surface area contributed by atoms with Crippen molar-refractivity contribution >= 4 is 11.8 Å². The lowest BCUT2D eigenvalue weighted by atomic mass is 10.2. The van der Waals surface area contributed by atoms with Crippen LogP contribution in [0.2, 0.25) is 0 Å². The Hall–Kier alpha value is -1.75. The fourth-order valence-corrected chi connectivity index (χ4v) is 2.32. The summed E-state index contributed by atoms with van der Waals surface area (Å²) < 4.78 is 7.34. The van der Waals surface area contributed by atoms with Gasteiger partial charge >= 0.3 is 0 Å². The van der Waals surface area contributed by atoms with Crippen molar-refractivity contribution in [2.45, 2.75) is 18.6 Å². The minimum absolute atomic E-state index is 0.673. The van der Waals surface area contributed by atoms with E-state index in [1.807, 2.05) is 29.7 Å². The number of furan rings is 1. The lowest BCUT2D eigenvalue weighted by Gasteiger charge is -2.05. The molecule has 0 radical (unpaired) electrons. The largest absolute Gasteiger partial charge is 0.469 e. The SMILES string of the molecule is C=CCSc1nnc(-c2ccoc2C)n1CC=C. The normalized spacial score (nSPS) is 10.5. The highest BCUT2D eigenvalue weighted by Gasteiger charge is 2.16. The maximum Gasteiger partial charge on any atom is 0.192 e. The summed E-state index contributed by atoms with van der Waals surface area (Å²) in [6, 6.07) is 1.90. The number of aryl methyl sites for hydroxylation is 1. The van der Waals surface area contributed by atoms with Crippen LogP contribution in [0.5, 0.6) is 0 Å². The van der Waals surface area contributed by atoms with Gasteiger partial charge in [-0.1, -0.05) is 23.9 Å². The van der Waals surface area contributed by atoms with Crippen LogP contribution in [-0.4, -0.2) is 20.5 Å². The van der Waals surface area contributed by atoms with E-state index in [1.54, 1.807) is 18.0 Å². The first-order chi connectivity index (χ1) is 8.77. The molecule has 0 atom stereocenters. The molecule has 18 heavy (non-hydrogen) atoms. The van der Waals surface area contributed by atoms with Gasteiger partial charge in [-0.15, -0.1) is 23.4 Å². The number of thioether (sulfide) groups is 1. The van der Waals surface area contributed by atoms with Crippen molar-refractivity contribution in [3.8, 4) is 11.4 Å². The zero-order valence-corrected chi connectivity index (χ0v) is 11.1. The predicted molar refractivity (Wildman–Crippen MR) is 73.6 cm³/mol. The Balaban J connectivity index is 2.41. The van der Waals surface area contributed by atoms with Gasteiger partial charge in [0.2, 0.25) is 0 Å². The monoisotopic (exact) mass is 261 g/mol. The fourth-order valence-electron chi connectivity index (χ4n) is 1.64. The average molecular weight is 261 g/mol. The molecule has 0 bridgehead atoms. The van der Waals surface area contributed by atoms with E-state index in [2.05, 4.69) is 23.4 Å². The van der Waals surface area contributed by atoms with Gasteiger partial charge in [0.05, 0.1) is 11.8 Å². The molecule has 0 amide bonds. The zero-order valence-electron chi connectivity index (χ0n) is 10.3. The molecule has 0 aliphatic rings. The molecule has 2 aromatic heterocycles. The number of rotatable bonds is 6. The summed E-state index contributed by atoms with van der Waals surface area (Å²) in [5.41, 5.74) is 0.967. The third kappa shape index (κ3) is 2.41. The van der Waals surface area contributed by atoms with E-state index in [1.165, 1.54) is 0 Å². The maximum absolute atomic E-state index is 5.31. The van der Waals surface area contributed by atoms with Crippen LogP contribution in [0.15, 0.2) is 47.2 Å². The topological polar surface area (TPSA) is 43.9 Å². The van der Waals surface area contributed by atoms with Crippen LogP contribution in [0.1, 0.15) is 5.76 Å². The van der Waals surface area contributed by atoms with Gasteiger partial charge in [-0.2, -0.15) is 0 Å². The molecule has 0 unspecified atom stereocenters. The van der Waals surface area contributed by atoms with E-state index in [9.17, 15) is 0 Å². The van der Waals surface area contributed by atoms with Gasteiger partial charge in [0, 0.05) is 12.3 Å². The summed E-state index contributed by atoms with van der Waals surface area (Å²) in [7, 11) is 0. The summed E-state index contributed by atoms with van der Waals surface area (Å²) in [5.74, 6) is 2.46. The summed E-state index contributed by atoms with van der Waals surface area (Å²) in [4.78, 5) is 0. The highest BCUT2D eigenvalue weighted by Crippen LogP contribution is 2.26. The van der Waals surface area contributed by atoms with Crippen LogP contribution in [0.4, 0.5) is 0 Å². The molecule has 0 saturated carbocycles. The smallest absolute Gasteiger partial charge is 0.192 e. The van der Waals surface area contributed by atoms with Crippen LogP contribution in [0.25, 0.3) is 11.4 Å². The molecule has 2 aromatic rings. The molecule has 2 heterocycles. The Morgan fingerprint density at radius 1 is 1.39 bits per heavy atom. The summed E-state index contributed by atoms with van der Waals surface area (Å²) >= 11 is 1.60. The molecular formula is C13H15N3OS. The van der Waals surface area contributed by atoms with Crippen molar-refractivity contribution in [3.05, 3.63) is 43.4 Å². The Morgan fingerprint density at radius 3 is 2.83 bits per heavy atom. The van der Waals surface area contributed by atoms with Gasteiger partial charge in [-0.05, 0) is 13.0 Å². The van der Waals surface area contributed by atoms with E-state index >= 15 is 0 Å². The van der Waals surface area contributed by atoms with E-state index < -0.39 is 0 Å². The number of allylic oxidation sites excluding steroid dienone is 1. The van der Waals surface area contributed by atoms with Crippen LogP contribution < -0.4 is 0 Å². The lowest BCUT2D eigenvalue weighted by molar-refractivity contribution is 0.534. The van der Waals surface area contributed by atoms with Crippen molar-refractivity contribution in [1.29, 1.82) is 0 Å². The Labute approximate surface area is 110 Å². The van der Waals surface area contributed by atoms with Crippen LogP contribution in [0.3, 0.4) is 0 Å². The molecule has 0 aromatic carbocycles. The van der Waals surface area contributed by atoms with Crippen molar-refractivity contribution < 1.29 is 4.42 Å². The standard InChI is InChI=1S/C13H15N3OS/c1-4-7-16-12(11-6-8-17-10(11)3)14-15-13(16)18-9-5-2/h4-6,8H,1-2,7,9H2,3H3. The third-order valence-electron chi connectivity index (χ3n) is 2.46. The first-order valence-corrected chi connectivity index (χ1v) is 6.58. The molecule has 0 fully saturated rings. The quantitative estimate of drug-likeness (QED) is 0.591. The van der Waals surface area contributed by atoms with Crippen molar-refractivity contribution in [3.63, 3.8) is 0 Å². The molecule has 0 N–H and O–H groups in total. The van der Waals surface area contributed by atoms with Gasteiger partial charge in [0.25, 0.3) is 0 Å². The predicted octanol–water partition coefficient (Wildman–Crippen LogP) is 3.31. The highest BCUT2D eigenvalue weighted by atomic mass is 32.2. The van der Waals surface area contributed by atoms with Gasteiger partial charge in [-0.25, -0.2) is 0 Å². The summed E-state index contributed by atoms with van der Waals surface area (Å²) in [6.45, 7) is 10.1. The van der Waals surface area contributed by atoms with Crippen molar-refractivity contribution in [1.82, 2.24) is 14.8 Å². The van der Waals surface area contributed by atoms with Crippen molar-refractivity contribution in [2.24, 2.45) is 0 Å².